The van der Waals surface area contributed by atoms with Crippen molar-refractivity contribution in [3.63, 3.8) is 0 Å². The molecule has 3 aromatic rings. The van der Waals surface area contributed by atoms with Gasteiger partial charge in [0.2, 0.25) is 5.91 Å². The lowest BCUT2D eigenvalue weighted by molar-refractivity contribution is -0.131. The van der Waals surface area contributed by atoms with E-state index in [1.54, 1.807) is 25.1 Å². The lowest BCUT2D eigenvalue weighted by Crippen LogP contribution is -2.39. The summed E-state index contributed by atoms with van der Waals surface area (Å²) in [4.78, 5) is 35.9. The first kappa shape index (κ1) is 26.9. The number of nitrogens with zero attached hydrogens (tertiary/aromatic N) is 3. The standard InChI is InChI=1S/C26H23Cl2F3N4O2/c1-14-32-13-18(26(37)33-12-15-2-3-19(27)20(28)10-15)25(34-14)16-6-8-35(9-7-16)23(36)11-17-21(29)4-5-22(30)24(17)31/h2-5,10,13,16H,6-9,11-12H2,1H3,(H,33,37). The minimum Gasteiger partial charge on any atom is -0.348 e. The summed E-state index contributed by atoms with van der Waals surface area (Å²) in [5.41, 5.74) is 1.10. The van der Waals surface area contributed by atoms with E-state index in [2.05, 4.69) is 15.3 Å². The minimum atomic E-state index is -1.35. The third-order valence-electron chi connectivity index (χ3n) is 6.32. The molecule has 2 aromatic carbocycles. The fourth-order valence-corrected chi connectivity index (χ4v) is 4.62. The number of amides is 2. The average Bonchev–Trinajstić information content (AvgIpc) is 2.89. The third kappa shape index (κ3) is 6.22. The second-order valence-corrected chi connectivity index (χ2v) is 9.62. The van der Waals surface area contributed by atoms with Crippen LogP contribution < -0.4 is 5.32 Å². The number of piperidine rings is 1. The van der Waals surface area contributed by atoms with E-state index in [1.807, 2.05) is 0 Å². The van der Waals surface area contributed by atoms with E-state index in [4.69, 9.17) is 23.2 Å². The zero-order valence-electron chi connectivity index (χ0n) is 19.8. The van der Waals surface area contributed by atoms with Crippen molar-refractivity contribution >= 4 is 35.0 Å². The van der Waals surface area contributed by atoms with E-state index in [1.165, 1.54) is 11.1 Å². The predicted molar refractivity (Wildman–Crippen MR) is 133 cm³/mol. The summed E-state index contributed by atoms with van der Waals surface area (Å²) >= 11 is 12.0. The van der Waals surface area contributed by atoms with Crippen LogP contribution in [0.1, 0.15) is 51.8 Å². The van der Waals surface area contributed by atoms with Crippen molar-refractivity contribution in [2.24, 2.45) is 0 Å². The van der Waals surface area contributed by atoms with Gasteiger partial charge in [-0.15, -0.1) is 0 Å². The molecule has 0 spiro atoms. The van der Waals surface area contributed by atoms with E-state index in [9.17, 15) is 22.8 Å². The van der Waals surface area contributed by atoms with Gasteiger partial charge in [-0.05, 0) is 49.6 Å². The largest absolute Gasteiger partial charge is 0.348 e. The van der Waals surface area contributed by atoms with Crippen LogP contribution in [-0.4, -0.2) is 39.8 Å². The molecule has 1 fully saturated rings. The number of hydrogen-bond acceptors (Lipinski definition) is 4. The Hall–Kier alpha value is -3.17. The van der Waals surface area contributed by atoms with Crippen LogP contribution in [0.4, 0.5) is 13.2 Å². The van der Waals surface area contributed by atoms with Gasteiger partial charge < -0.3 is 10.2 Å². The predicted octanol–water partition coefficient (Wildman–Crippen LogP) is 5.39. The number of benzene rings is 2. The number of likely N-dealkylation sites (tertiary alicyclic amines) is 1. The van der Waals surface area contributed by atoms with Crippen LogP contribution in [0, 0.1) is 24.4 Å². The Balaban J connectivity index is 1.42. The zero-order valence-corrected chi connectivity index (χ0v) is 21.3. The van der Waals surface area contributed by atoms with Gasteiger partial charge in [0.1, 0.15) is 11.6 Å². The molecule has 37 heavy (non-hydrogen) atoms. The molecule has 0 unspecified atom stereocenters. The Morgan fingerprint density at radius 3 is 2.46 bits per heavy atom. The molecule has 1 aromatic heterocycles. The summed E-state index contributed by atoms with van der Waals surface area (Å²) in [5, 5.41) is 3.65. The smallest absolute Gasteiger partial charge is 0.254 e. The Bertz CT molecular complexity index is 1350. The molecule has 2 heterocycles. The molecule has 0 aliphatic carbocycles. The van der Waals surface area contributed by atoms with E-state index < -0.39 is 35.3 Å². The molecular formula is C26H23Cl2F3N4O2. The fraction of sp³-hybridized carbons (Fsp3) is 0.308. The summed E-state index contributed by atoms with van der Waals surface area (Å²) in [6.07, 6.45) is 1.89. The lowest BCUT2D eigenvalue weighted by atomic mass is 9.90. The molecule has 6 nitrogen and oxygen atoms in total. The molecule has 1 N–H and O–H groups in total. The maximum Gasteiger partial charge on any atom is 0.254 e. The maximum atomic E-state index is 14.0. The highest BCUT2D eigenvalue weighted by atomic mass is 35.5. The summed E-state index contributed by atoms with van der Waals surface area (Å²) in [6.45, 7) is 2.55. The zero-order chi connectivity index (χ0) is 26.7. The lowest BCUT2D eigenvalue weighted by Gasteiger charge is -2.32. The van der Waals surface area contributed by atoms with Crippen LogP contribution in [0.5, 0.6) is 0 Å². The van der Waals surface area contributed by atoms with Crippen molar-refractivity contribution in [2.75, 3.05) is 13.1 Å². The molecule has 1 aliphatic rings. The van der Waals surface area contributed by atoms with Gasteiger partial charge in [0.05, 0.1) is 27.7 Å². The number of halogens is 5. The van der Waals surface area contributed by atoms with Crippen molar-refractivity contribution in [3.8, 4) is 0 Å². The van der Waals surface area contributed by atoms with Crippen LogP contribution in [0.15, 0.2) is 36.5 Å². The minimum absolute atomic E-state index is 0.126. The first-order valence-electron chi connectivity index (χ1n) is 11.6. The highest BCUT2D eigenvalue weighted by Crippen LogP contribution is 2.30. The van der Waals surface area contributed by atoms with E-state index in [0.29, 0.717) is 59.1 Å². The van der Waals surface area contributed by atoms with Gasteiger partial charge in [-0.2, -0.15) is 0 Å². The van der Waals surface area contributed by atoms with Crippen molar-refractivity contribution in [1.82, 2.24) is 20.2 Å². The number of nitrogens with one attached hydrogen (secondary N) is 1. The second-order valence-electron chi connectivity index (χ2n) is 8.80. The Kier molecular flexibility index (Phi) is 8.34. The van der Waals surface area contributed by atoms with Gasteiger partial charge in [-0.1, -0.05) is 29.3 Å². The highest BCUT2D eigenvalue weighted by molar-refractivity contribution is 6.42. The number of hydrogen-bond donors (Lipinski definition) is 1. The topological polar surface area (TPSA) is 75.2 Å². The third-order valence-corrected chi connectivity index (χ3v) is 7.06. The first-order valence-corrected chi connectivity index (χ1v) is 12.4. The quantitative estimate of drug-likeness (QED) is 0.417. The molecule has 0 bridgehead atoms. The van der Waals surface area contributed by atoms with E-state index in [0.717, 1.165) is 11.6 Å². The molecular weight excluding hydrogens is 528 g/mol. The Labute approximate surface area is 221 Å². The summed E-state index contributed by atoms with van der Waals surface area (Å²) < 4.78 is 41.4. The molecule has 4 rings (SSSR count). The fourth-order valence-electron chi connectivity index (χ4n) is 4.30. The highest BCUT2D eigenvalue weighted by Gasteiger charge is 2.29. The van der Waals surface area contributed by atoms with Crippen molar-refractivity contribution in [3.05, 3.63) is 92.2 Å². The van der Waals surface area contributed by atoms with Gasteiger partial charge in [0.25, 0.3) is 5.91 Å². The molecule has 1 aliphatic heterocycles. The number of aryl methyl sites for hydroxylation is 1. The Morgan fingerprint density at radius 2 is 1.76 bits per heavy atom. The monoisotopic (exact) mass is 550 g/mol. The van der Waals surface area contributed by atoms with Crippen LogP contribution >= 0.6 is 23.2 Å². The van der Waals surface area contributed by atoms with Gasteiger partial charge >= 0.3 is 0 Å². The SMILES string of the molecule is Cc1ncc(C(=O)NCc2ccc(Cl)c(Cl)c2)c(C2CCN(C(=O)Cc3c(F)ccc(F)c3F)CC2)n1. The number of aromatic nitrogens is 2. The van der Waals surface area contributed by atoms with Crippen LogP contribution in [0.25, 0.3) is 0 Å². The molecule has 1 saturated heterocycles. The van der Waals surface area contributed by atoms with Gasteiger partial charge in [-0.25, -0.2) is 23.1 Å². The Morgan fingerprint density at radius 1 is 1.05 bits per heavy atom. The van der Waals surface area contributed by atoms with Gasteiger partial charge in [0.15, 0.2) is 11.6 Å². The molecule has 2 amide bonds. The summed E-state index contributed by atoms with van der Waals surface area (Å²) in [7, 11) is 0. The molecule has 11 heteroatoms. The normalized spacial score (nSPS) is 14.1. The number of rotatable bonds is 6. The van der Waals surface area contributed by atoms with Gasteiger partial charge in [0, 0.05) is 37.3 Å². The molecule has 194 valence electrons. The molecule has 0 saturated carbocycles. The number of carbonyl (C=O) groups excluding carboxylic acids is 2. The maximum absolute atomic E-state index is 14.0. The van der Waals surface area contributed by atoms with Crippen molar-refractivity contribution in [1.29, 1.82) is 0 Å². The summed E-state index contributed by atoms with van der Waals surface area (Å²) in [6, 6.07) is 6.57. The summed E-state index contributed by atoms with van der Waals surface area (Å²) in [5.74, 6) is -3.99. The van der Waals surface area contributed by atoms with Crippen LogP contribution in [-0.2, 0) is 17.8 Å². The number of carbonyl (C=O) groups is 2. The average molecular weight is 551 g/mol. The second kappa shape index (κ2) is 11.5. The van der Waals surface area contributed by atoms with Crippen LogP contribution in [0.2, 0.25) is 10.0 Å². The van der Waals surface area contributed by atoms with Crippen LogP contribution in [0.3, 0.4) is 0 Å². The van der Waals surface area contributed by atoms with Crippen molar-refractivity contribution < 1.29 is 22.8 Å². The van der Waals surface area contributed by atoms with E-state index >= 15 is 0 Å². The molecule has 0 atom stereocenters. The first-order chi connectivity index (χ1) is 17.6. The van der Waals surface area contributed by atoms with Crippen molar-refractivity contribution in [2.45, 2.75) is 38.6 Å². The molecule has 0 radical (unpaired) electrons. The van der Waals surface area contributed by atoms with Gasteiger partial charge in [-0.3, -0.25) is 9.59 Å². The van der Waals surface area contributed by atoms with E-state index in [-0.39, 0.29) is 18.4 Å².